The standard InChI is InChI=1S/C15H19N3OS/c1-3-8-18(10-4-5-10)15(19)13-12(16)11-9(2)6-7-17-14(11)20-13/h6-7,10H,3-5,8,16H2,1-2H3. The number of aromatic nitrogens is 1. The van der Waals surface area contributed by atoms with E-state index in [1.807, 2.05) is 17.9 Å². The van der Waals surface area contributed by atoms with Crippen LogP contribution < -0.4 is 5.73 Å². The van der Waals surface area contributed by atoms with Crippen molar-refractivity contribution in [2.75, 3.05) is 12.3 Å². The number of pyridine rings is 1. The molecule has 1 amide bonds. The van der Waals surface area contributed by atoms with Gasteiger partial charge in [-0.15, -0.1) is 11.3 Å². The first-order valence-electron chi connectivity index (χ1n) is 7.08. The normalized spacial score (nSPS) is 14.7. The maximum absolute atomic E-state index is 12.7. The molecule has 0 unspecified atom stereocenters. The quantitative estimate of drug-likeness (QED) is 0.940. The Morgan fingerprint density at radius 3 is 2.90 bits per heavy atom. The average molecular weight is 289 g/mol. The van der Waals surface area contributed by atoms with Gasteiger partial charge in [0.1, 0.15) is 9.71 Å². The lowest BCUT2D eigenvalue weighted by Gasteiger charge is -2.21. The van der Waals surface area contributed by atoms with E-state index in [-0.39, 0.29) is 5.91 Å². The molecule has 0 aliphatic heterocycles. The lowest BCUT2D eigenvalue weighted by Crippen LogP contribution is -2.33. The molecule has 0 spiro atoms. The summed E-state index contributed by atoms with van der Waals surface area (Å²) in [6.45, 7) is 4.91. The van der Waals surface area contributed by atoms with Gasteiger partial charge in [0.2, 0.25) is 0 Å². The number of fused-ring (bicyclic) bond motifs is 1. The molecule has 1 aliphatic carbocycles. The van der Waals surface area contributed by atoms with Gasteiger partial charge in [-0.05, 0) is 37.8 Å². The van der Waals surface area contributed by atoms with Gasteiger partial charge >= 0.3 is 0 Å². The Bertz CT molecular complexity index is 660. The Morgan fingerprint density at radius 2 is 2.30 bits per heavy atom. The Labute approximate surface area is 122 Å². The van der Waals surface area contributed by atoms with Crippen LogP contribution in [0.1, 0.15) is 41.4 Å². The predicted octanol–water partition coefficient (Wildman–Crippen LogP) is 3.20. The van der Waals surface area contributed by atoms with Gasteiger partial charge in [0.05, 0.1) is 5.69 Å². The number of anilines is 1. The van der Waals surface area contributed by atoms with E-state index >= 15 is 0 Å². The molecular formula is C15H19N3OS. The third-order valence-corrected chi connectivity index (χ3v) is 4.85. The molecule has 3 rings (SSSR count). The zero-order valence-corrected chi connectivity index (χ0v) is 12.7. The summed E-state index contributed by atoms with van der Waals surface area (Å²) in [5.74, 6) is 0.0780. The maximum atomic E-state index is 12.7. The zero-order valence-electron chi connectivity index (χ0n) is 11.8. The number of nitrogens with zero attached hydrogens (tertiary/aromatic N) is 2. The zero-order chi connectivity index (χ0) is 14.3. The van der Waals surface area contributed by atoms with Gasteiger partial charge in [0, 0.05) is 24.2 Å². The number of nitrogens with two attached hydrogens (primary N) is 1. The molecule has 0 bridgehead atoms. The van der Waals surface area contributed by atoms with Crippen LogP contribution in [-0.2, 0) is 0 Å². The van der Waals surface area contributed by atoms with Crippen molar-refractivity contribution in [1.82, 2.24) is 9.88 Å². The van der Waals surface area contributed by atoms with E-state index in [4.69, 9.17) is 5.73 Å². The van der Waals surface area contributed by atoms with Crippen molar-refractivity contribution in [1.29, 1.82) is 0 Å². The highest BCUT2D eigenvalue weighted by atomic mass is 32.1. The van der Waals surface area contributed by atoms with Crippen LogP contribution >= 0.6 is 11.3 Å². The predicted molar refractivity (Wildman–Crippen MR) is 83.1 cm³/mol. The van der Waals surface area contributed by atoms with Crippen LogP contribution in [0.5, 0.6) is 0 Å². The minimum atomic E-state index is 0.0780. The fraction of sp³-hybridized carbons (Fsp3) is 0.467. The van der Waals surface area contributed by atoms with E-state index in [2.05, 4.69) is 11.9 Å². The van der Waals surface area contributed by atoms with Gasteiger partial charge in [-0.25, -0.2) is 4.98 Å². The summed E-state index contributed by atoms with van der Waals surface area (Å²) in [4.78, 5) is 20.6. The molecular weight excluding hydrogens is 270 g/mol. The molecule has 1 fully saturated rings. The number of nitrogen functional groups attached to an aromatic ring is 1. The van der Waals surface area contributed by atoms with E-state index in [0.29, 0.717) is 16.6 Å². The fourth-order valence-electron chi connectivity index (χ4n) is 2.57. The molecule has 4 nitrogen and oxygen atoms in total. The maximum Gasteiger partial charge on any atom is 0.266 e. The number of carbonyl (C=O) groups excluding carboxylic acids is 1. The van der Waals surface area contributed by atoms with Crippen LogP contribution in [0, 0.1) is 6.92 Å². The third-order valence-electron chi connectivity index (χ3n) is 3.74. The summed E-state index contributed by atoms with van der Waals surface area (Å²) in [6, 6.07) is 2.35. The Kier molecular flexibility index (Phi) is 3.38. The molecule has 20 heavy (non-hydrogen) atoms. The monoisotopic (exact) mass is 289 g/mol. The molecule has 0 aromatic carbocycles. The van der Waals surface area contributed by atoms with Gasteiger partial charge in [-0.2, -0.15) is 0 Å². The van der Waals surface area contributed by atoms with E-state index in [1.54, 1.807) is 6.20 Å². The highest BCUT2D eigenvalue weighted by Gasteiger charge is 2.34. The first-order valence-corrected chi connectivity index (χ1v) is 7.89. The van der Waals surface area contributed by atoms with E-state index < -0.39 is 0 Å². The Hall–Kier alpha value is -1.62. The molecule has 2 aromatic heterocycles. The molecule has 2 heterocycles. The molecule has 5 heteroatoms. The summed E-state index contributed by atoms with van der Waals surface area (Å²) >= 11 is 1.42. The number of rotatable bonds is 4. The number of carbonyl (C=O) groups is 1. The number of aryl methyl sites for hydroxylation is 1. The molecule has 1 saturated carbocycles. The van der Waals surface area contributed by atoms with Gasteiger partial charge in [-0.1, -0.05) is 6.92 Å². The third kappa shape index (κ3) is 2.16. The number of amides is 1. The second-order valence-electron chi connectivity index (χ2n) is 5.38. The number of hydrogen-bond donors (Lipinski definition) is 1. The highest BCUT2D eigenvalue weighted by Crippen LogP contribution is 2.37. The molecule has 0 radical (unpaired) electrons. The molecule has 2 N–H and O–H groups in total. The van der Waals surface area contributed by atoms with Crippen molar-refractivity contribution in [2.24, 2.45) is 0 Å². The van der Waals surface area contributed by atoms with Crippen molar-refractivity contribution < 1.29 is 4.79 Å². The largest absolute Gasteiger partial charge is 0.397 e. The van der Waals surface area contributed by atoms with Crippen molar-refractivity contribution in [3.8, 4) is 0 Å². The fourth-order valence-corrected chi connectivity index (χ4v) is 3.67. The molecule has 0 saturated heterocycles. The van der Waals surface area contributed by atoms with Crippen LogP contribution in [0.4, 0.5) is 5.69 Å². The Morgan fingerprint density at radius 1 is 1.55 bits per heavy atom. The smallest absolute Gasteiger partial charge is 0.266 e. The van der Waals surface area contributed by atoms with Crippen LogP contribution in [-0.4, -0.2) is 28.4 Å². The molecule has 0 atom stereocenters. The second kappa shape index (κ2) is 5.05. The summed E-state index contributed by atoms with van der Waals surface area (Å²) in [6.07, 6.45) is 4.98. The first kappa shape index (κ1) is 13.4. The van der Waals surface area contributed by atoms with Gasteiger partial charge in [-0.3, -0.25) is 4.79 Å². The van der Waals surface area contributed by atoms with Gasteiger partial charge < -0.3 is 10.6 Å². The number of thiophene rings is 1. The van der Waals surface area contributed by atoms with E-state index in [0.717, 1.165) is 41.6 Å². The number of hydrogen-bond acceptors (Lipinski definition) is 4. The van der Waals surface area contributed by atoms with Crippen LogP contribution in [0.15, 0.2) is 12.3 Å². The summed E-state index contributed by atoms with van der Waals surface area (Å²) < 4.78 is 0. The average Bonchev–Trinajstić information content (AvgIpc) is 3.20. The Balaban J connectivity index is 2.03. The molecule has 106 valence electrons. The van der Waals surface area contributed by atoms with E-state index in [9.17, 15) is 4.79 Å². The van der Waals surface area contributed by atoms with Crippen LogP contribution in [0.3, 0.4) is 0 Å². The van der Waals surface area contributed by atoms with Gasteiger partial charge in [0.15, 0.2) is 0 Å². The van der Waals surface area contributed by atoms with E-state index in [1.165, 1.54) is 11.3 Å². The SMILES string of the molecule is CCCN(C(=O)c1sc2nccc(C)c2c1N)C1CC1. The van der Waals surface area contributed by atoms with Crippen molar-refractivity contribution in [3.63, 3.8) is 0 Å². The summed E-state index contributed by atoms with van der Waals surface area (Å²) in [7, 11) is 0. The van der Waals surface area contributed by atoms with Crippen molar-refractivity contribution in [2.45, 2.75) is 39.2 Å². The minimum Gasteiger partial charge on any atom is -0.397 e. The lowest BCUT2D eigenvalue weighted by atomic mass is 10.1. The molecule has 2 aromatic rings. The second-order valence-corrected chi connectivity index (χ2v) is 6.38. The molecule has 1 aliphatic rings. The topological polar surface area (TPSA) is 59.2 Å². The highest BCUT2D eigenvalue weighted by molar-refractivity contribution is 7.21. The minimum absolute atomic E-state index is 0.0780. The summed E-state index contributed by atoms with van der Waals surface area (Å²) in [5, 5.41) is 0.938. The van der Waals surface area contributed by atoms with Crippen molar-refractivity contribution in [3.05, 3.63) is 22.7 Å². The lowest BCUT2D eigenvalue weighted by molar-refractivity contribution is 0.0749. The van der Waals surface area contributed by atoms with Crippen LogP contribution in [0.25, 0.3) is 10.2 Å². The van der Waals surface area contributed by atoms with Crippen LogP contribution in [0.2, 0.25) is 0 Å². The summed E-state index contributed by atoms with van der Waals surface area (Å²) in [5.41, 5.74) is 7.90. The first-order chi connectivity index (χ1) is 9.63. The van der Waals surface area contributed by atoms with Crippen molar-refractivity contribution >= 4 is 33.1 Å². The van der Waals surface area contributed by atoms with Gasteiger partial charge in [0.25, 0.3) is 5.91 Å².